The minimum Gasteiger partial charge on any atom is -0.447 e. The average Bonchev–Trinajstić information content (AvgIpc) is 3.29. The number of likely N-dealkylation sites (tertiary alicyclic amines) is 1. The summed E-state index contributed by atoms with van der Waals surface area (Å²) in [5, 5.41) is 0. The standard InChI is InChI=1S/C22H30N4O3/c1-15(2)13-17-14-29-22(28)26(17)16-9-11-25(12-10-16)21(27)8-7-20-23-18-5-3-4-6-19(18)24-20/h3-6,15-17H,7-14H2,1-2H3,(H,23,24)/t17-/m1/s1. The molecule has 1 aromatic carbocycles. The van der Waals surface area contributed by atoms with Gasteiger partial charge >= 0.3 is 6.09 Å². The summed E-state index contributed by atoms with van der Waals surface area (Å²) in [4.78, 5) is 36.6. The summed E-state index contributed by atoms with van der Waals surface area (Å²) in [7, 11) is 0. The lowest BCUT2D eigenvalue weighted by molar-refractivity contribution is -0.132. The molecule has 29 heavy (non-hydrogen) atoms. The van der Waals surface area contributed by atoms with Crippen LogP contribution in [0, 0.1) is 5.92 Å². The number of benzene rings is 1. The minimum absolute atomic E-state index is 0.159. The number of piperidine rings is 1. The van der Waals surface area contributed by atoms with Crippen LogP contribution in [0.5, 0.6) is 0 Å². The first kappa shape index (κ1) is 19.7. The number of aryl methyl sites for hydroxylation is 1. The first-order valence-electron chi connectivity index (χ1n) is 10.7. The van der Waals surface area contributed by atoms with E-state index in [-0.39, 0.29) is 24.1 Å². The first-order valence-corrected chi connectivity index (χ1v) is 10.7. The molecule has 0 spiro atoms. The van der Waals surface area contributed by atoms with Crippen LogP contribution >= 0.6 is 0 Å². The predicted octanol–water partition coefficient (Wildman–Crippen LogP) is 3.35. The highest BCUT2D eigenvalue weighted by molar-refractivity contribution is 5.77. The quantitative estimate of drug-likeness (QED) is 0.809. The summed E-state index contributed by atoms with van der Waals surface area (Å²) in [6, 6.07) is 8.24. The summed E-state index contributed by atoms with van der Waals surface area (Å²) < 4.78 is 5.32. The third kappa shape index (κ3) is 4.38. The third-order valence-corrected chi connectivity index (χ3v) is 5.97. The van der Waals surface area contributed by atoms with Crippen molar-refractivity contribution in [1.82, 2.24) is 19.8 Å². The molecular weight excluding hydrogens is 368 g/mol. The number of rotatable bonds is 6. The molecule has 2 aliphatic rings. The Morgan fingerprint density at radius 2 is 2.03 bits per heavy atom. The van der Waals surface area contributed by atoms with E-state index >= 15 is 0 Å². The fraction of sp³-hybridized carbons (Fsp3) is 0.591. The van der Waals surface area contributed by atoms with Gasteiger partial charge in [0.05, 0.1) is 17.1 Å². The van der Waals surface area contributed by atoms with Gasteiger partial charge in [0.1, 0.15) is 12.4 Å². The van der Waals surface area contributed by atoms with Crippen molar-refractivity contribution in [2.24, 2.45) is 5.92 Å². The smallest absolute Gasteiger partial charge is 0.410 e. The van der Waals surface area contributed by atoms with Gasteiger partial charge < -0.3 is 14.6 Å². The van der Waals surface area contributed by atoms with Gasteiger partial charge in [-0.25, -0.2) is 9.78 Å². The normalized spacial score (nSPS) is 20.7. The number of nitrogens with zero attached hydrogens (tertiary/aromatic N) is 3. The molecule has 2 saturated heterocycles. The number of carbonyl (C=O) groups is 2. The average molecular weight is 399 g/mol. The van der Waals surface area contributed by atoms with E-state index in [1.54, 1.807) is 0 Å². The Hall–Kier alpha value is -2.57. The zero-order chi connectivity index (χ0) is 20.4. The summed E-state index contributed by atoms with van der Waals surface area (Å²) in [5.41, 5.74) is 1.94. The molecule has 0 unspecified atom stereocenters. The van der Waals surface area contributed by atoms with Crippen molar-refractivity contribution in [3.63, 3.8) is 0 Å². The van der Waals surface area contributed by atoms with Gasteiger partial charge in [0.15, 0.2) is 0 Å². The lowest BCUT2D eigenvalue weighted by atomic mass is 9.98. The van der Waals surface area contributed by atoms with E-state index < -0.39 is 0 Å². The van der Waals surface area contributed by atoms with Crippen LogP contribution in [0.1, 0.15) is 45.4 Å². The number of amides is 2. The monoisotopic (exact) mass is 398 g/mol. The third-order valence-electron chi connectivity index (χ3n) is 5.97. The highest BCUT2D eigenvalue weighted by atomic mass is 16.6. The Bertz CT molecular complexity index is 837. The van der Waals surface area contributed by atoms with Crippen molar-refractivity contribution in [2.45, 2.75) is 58.0 Å². The van der Waals surface area contributed by atoms with Crippen LogP contribution in [0.15, 0.2) is 24.3 Å². The Balaban J connectivity index is 1.28. The second-order valence-electron chi connectivity index (χ2n) is 8.58. The molecule has 2 aromatic rings. The maximum Gasteiger partial charge on any atom is 0.410 e. The predicted molar refractivity (Wildman–Crippen MR) is 110 cm³/mol. The van der Waals surface area contributed by atoms with Crippen molar-refractivity contribution >= 4 is 23.0 Å². The fourth-order valence-corrected chi connectivity index (χ4v) is 4.55. The maximum atomic E-state index is 12.7. The molecule has 0 aliphatic carbocycles. The molecule has 0 saturated carbocycles. The SMILES string of the molecule is CC(C)C[C@@H]1COC(=O)N1C1CCN(C(=O)CCc2nc3ccccc3[nH]2)CC1. The number of imidazole rings is 1. The lowest BCUT2D eigenvalue weighted by Gasteiger charge is -2.38. The Kier molecular flexibility index (Phi) is 5.74. The van der Waals surface area contributed by atoms with E-state index in [0.29, 0.717) is 38.5 Å². The molecule has 7 nitrogen and oxygen atoms in total. The van der Waals surface area contributed by atoms with E-state index in [4.69, 9.17) is 4.74 Å². The molecule has 0 radical (unpaired) electrons. The van der Waals surface area contributed by atoms with Crippen LogP contribution in [-0.2, 0) is 16.0 Å². The number of nitrogens with one attached hydrogen (secondary N) is 1. The molecule has 4 rings (SSSR count). The lowest BCUT2D eigenvalue weighted by Crippen LogP contribution is -2.50. The number of aromatic nitrogens is 2. The van der Waals surface area contributed by atoms with Gasteiger partial charge in [-0.3, -0.25) is 9.69 Å². The molecule has 2 fully saturated rings. The zero-order valence-corrected chi connectivity index (χ0v) is 17.3. The Morgan fingerprint density at radius 1 is 1.28 bits per heavy atom. The van der Waals surface area contributed by atoms with Crippen LogP contribution in [0.4, 0.5) is 4.79 Å². The number of hydrogen-bond donors (Lipinski definition) is 1. The van der Waals surface area contributed by atoms with Crippen LogP contribution in [0.25, 0.3) is 11.0 Å². The van der Waals surface area contributed by atoms with Crippen LogP contribution < -0.4 is 0 Å². The van der Waals surface area contributed by atoms with E-state index in [2.05, 4.69) is 23.8 Å². The van der Waals surface area contributed by atoms with E-state index in [0.717, 1.165) is 36.1 Å². The van der Waals surface area contributed by atoms with Crippen molar-refractivity contribution in [3.8, 4) is 0 Å². The molecule has 3 heterocycles. The van der Waals surface area contributed by atoms with Gasteiger partial charge in [0.2, 0.25) is 5.91 Å². The highest BCUT2D eigenvalue weighted by Crippen LogP contribution is 2.27. The molecule has 2 amide bonds. The number of fused-ring (bicyclic) bond motifs is 1. The van der Waals surface area contributed by atoms with E-state index in [1.165, 1.54) is 0 Å². The number of cyclic esters (lactones) is 1. The number of para-hydroxylation sites is 2. The number of aromatic amines is 1. The molecule has 0 bridgehead atoms. The van der Waals surface area contributed by atoms with Gasteiger partial charge in [-0.2, -0.15) is 0 Å². The van der Waals surface area contributed by atoms with E-state index in [1.807, 2.05) is 34.1 Å². The van der Waals surface area contributed by atoms with E-state index in [9.17, 15) is 9.59 Å². The maximum absolute atomic E-state index is 12.7. The largest absolute Gasteiger partial charge is 0.447 e. The summed E-state index contributed by atoms with van der Waals surface area (Å²) in [5.74, 6) is 1.54. The number of H-pyrrole nitrogens is 1. The molecule has 7 heteroatoms. The Labute approximate surface area is 171 Å². The number of ether oxygens (including phenoxy) is 1. The van der Waals surface area contributed by atoms with Gasteiger partial charge in [-0.15, -0.1) is 0 Å². The molecule has 1 aromatic heterocycles. The molecule has 2 aliphatic heterocycles. The van der Waals surface area contributed by atoms with Crippen molar-refractivity contribution < 1.29 is 14.3 Å². The van der Waals surface area contributed by atoms with Gasteiger partial charge in [-0.05, 0) is 37.3 Å². The number of hydrogen-bond acceptors (Lipinski definition) is 4. The van der Waals surface area contributed by atoms with Crippen LogP contribution in [0.2, 0.25) is 0 Å². The number of carbonyl (C=O) groups excluding carboxylic acids is 2. The second kappa shape index (κ2) is 8.43. The van der Waals surface area contributed by atoms with Crippen molar-refractivity contribution in [2.75, 3.05) is 19.7 Å². The molecular formula is C22H30N4O3. The summed E-state index contributed by atoms with van der Waals surface area (Å²) in [6.07, 6.45) is 3.47. The second-order valence-corrected chi connectivity index (χ2v) is 8.58. The minimum atomic E-state index is -0.190. The van der Waals surface area contributed by atoms with Crippen LogP contribution in [-0.4, -0.2) is 63.5 Å². The molecule has 156 valence electrons. The molecule has 1 atom stereocenters. The Morgan fingerprint density at radius 3 is 2.76 bits per heavy atom. The van der Waals surface area contributed by atoms with Gasteiger partial charge in [-0.1, -0.05) is 26.0 Å². The van der Waals surface area contributed by atoms with Crippen molar-refractivity contribution in [3.05, 3.63) is 30.1 Å². The van der Waals surface area contributed by atoms with Crippen molar-refractivity contribution in [1.29, 1.82) is 0 Å². The summed E-state index contributed by atoms with van der Waals surface area (Å²) >= 11 is 0. The fourth-order valence-electron chi connectivity index (χ4n) is 4.55. The van der Waals surface area contributed by atoms with Gasteiger partial charge in [0.25, 0.3) is 0 Å². The van der Waals surface area contributed by atoms with Crippen LogP contribution in [0.3, 0.4) is 0 Å². The summed E-state index contributed by atoms with van der Waals surface area (Å²) in [6.45, 7) is 6.23. The zero-order valence-electron chi connectivity index (χ0n) is 17.3. The molecule has 1 N–H and O–H groups in total. The van der Waals surface area contributed by atoms with Gasteiger partial charge in [0, 0.05) is 32.0 Å². The first-order chi connectivity index (χ1) is 14.0. The topological polar surface area (TPSA) is 78.5 Å². The highest BCUT2D eigenvalue weighted by Gasteiger charge is 2.39.